The van der Waals surface area contributed by atoms with Gasteiger partial charge >= 0.3 is 0 Å². The predicted octanol–water partition coefficient (Wildman–Crippen LogP) is 0.542. The van der Waals surface area contributed by atoms with Crippen molar-refractivity contribution in [3.63, 3.8) is 0 Å². The van der Waals surface area contributed by atoms with Gasteiger partial charge in [-0.1, -0.05) is 11.3 Å². The van der Waals surface area contributed by atoms with Gasteiger partial charge in [0.15, 0.2) is 9.50 Å². The van der Waals surface area contributed by atoms with Crippen molar-refractivity contribution in [3.8, 4) is 0 Å². The first-order valence-corrected chi connectivity index (χ1v) is 5.53. The van der Waals surface area contributed by atoms with E-state index >= 15 is 0 Å². The summed E-state index contributed by atoms with van der Waals surface area (Å²) in [5.41, 5.74) is 10.7. The molecule has 0 aliphatic rings. The van der Waals surface area contributed by atoms with Crippen LogP contribution in [-0.2, 0) is 0 Å². The average molecular weight is 241 g/mol. The van der Waals surface area contributed by atoms with Gasteiger partial charge in [0.25, 0.3) is 5.56 Å². The summed E-state index contributed by atoms with van der Waals surface area (Å²) in [4.78, 5) is 21.6. The number of hydrogen-bond donors (Lipinski definition) is 3. The molecule has 0 aliphatic heterocycles. The molecule has 0 saturated carbocycles. The molecule has 2 heterocycles. The summed E-state index contributed by atoms with van der Waals surface area (Å²) in [7, 11) is 0. The number of nitrogen functional groups attached to an aromatic ring is 2. The fraction of sp³-hybridized carbons (Fsp3) is 0. The Bertz CT molecular complexity index is 534. The smallest absolute Gasteiger partial charge is 0.253 e. The number of nitrogens with zero attached hydrogens (tertiary/aromatic N) is 2. The van der Waals surface area contributed by atoms with Gasteiger partial charge in [-0.3, -0.25) is 4.79 Å². The minimum absolute atomic E-state index is 0.186. The van der Waals surface area contributed by atoms with Crippen molar-refractivity contribution in [2.75, 3.05) is 11.5 Å². The molecule has 0 radical (unpaired) electrons. The lowest BCUT2D eigenvalue weighted by atomic mass is 10.6. The molecule has 0 bridgehead atoms. The first kappa shape index (κ1) is 9.99. The predicted molar refractivity (Wildman–Crippen MR) is 59.9 cm³/mol. The largest absolute Gasteiger partial charge is 0.389 e. The first-order valence-electron chi connectivity index (χ1n) is 3.89. The summed E-state index contributed by atoms with van der Waals surface area (Å²) in [5.74, 6) is 0.186. The molecular weight excluding hydrogens is 234 g/mol. The van der Waals surface area contributed by atoms with Crippen molar-refractivity contribution in [1.29, 1.82) is 0 Å². The molecule has 0 fully saturated rings. The van der Waals surface area contributed by atoms with Crippen LogP contribution in [-0.4, -0.2) is 15.0 Å². The molecule has 2 rings (SSSR count). The molecule has 2 aromatic rings. The Labute approximate surface area is 92.8 Å². The van der Waals surface area contributed by atoms with E-state index in [0.29, 0.717) is 14.5 Å². The van der Waals surface area contributed by atoms with Gasteiger partial charge in [0.1, 0.15) is 10.8 Å². The average Bonchev–Trinajstić information content (AvgIpc) is 2.49. The highest BCUT2D eigenvalue weighted by molar-refractivity contribution is 8.00. The summed E-state index contributed by atoms with van der Waals surface area (Å²) in [6.45, 7) is 0. The fourth-order valence-electron chi connectivity index (χ4n) is 0.901. The summed E-state index contributed by atoms with van der Waals surface area (Å²) in [6.07, 6.45) is 1.55. The van der Waals surface area contributed by atoms with E-state index in [1.165, 1.54) is 29.2 Å². The molecule has 0 unspecified atom stereocenters. The van der Waals surface area contributed by atoms with Crippen LogP contribution in [0.5, 0.6) is 0 Å². The molecule has 78 valence electrons. The van der Waals surface area contributed by atoms with Gasteiger partial charge < -0.3 is 16.5 Å². The van der Waals surface area contributed by atoms with Crippen LogP contribution in [0.1, 0.15) is 0 Å². The lowest BCUT2D eigenvalue weighted by Gasteiger charge is -1.97. The quantitative estimate of drug-likeness (QED) is 0.662. The van der Waals surface area contributed by atoms with Gasteiger partial charge in [-0.15, -0.1) is 0 Å². The summed E-state index contributed by atoms with van der Waals surface area (Å²) in [5, 5.41) is 1.03. The molecule has 0 spiro atoms. The summed E-state index contributed by atoms with van der Waals surface area (Å²) in [6, 6.07) is 1.22. The number of aromatic nitrogens is 3. The normalized spacial score (nSPS) is 10.4. The maximum atomic E-state index is 11.1. The zero-order valence-corrected chi connectivity index (χ0v) is 9.06. The number of nitrogens with one attached hydrogen (secondary N) is 1. The van der Waals surface area contributed by atoms with E-state index in [-0.39, 0.29) is 11.4 Å². The Kier molecular flexibility index (Phi) is 2.60. The monoisotopic (exact) mass is 241 g/mol. The number of anilines is 2. The molecule has 15 heavy (non-hydrogen) atoms. The van der Waals surface area contributed by atoms with E-state index in [0.717, 1.165) is 0 Å². The van der Waals surface area contributed by atoms with Crippen LogP contribution in [0.4, 0.5) is 10.8 Å². The third-order valence-corrected chi connectivity index (χ3v) is 3.21. The standard InChI is InChI=1S/C7H7N5OS2/c8-3-1-5(13)12-6(11-3)15-7-10-2-4(9)14-7/h1-2H,9H2,(H3,8,11,12,13). The number of hydrogen-bond acceptors (Lipinski definition) is 7. The highest BCUT2D eigenvalue weighted by atomic mass is 32.2. The van der Waals surface area contributed by atoms with Gasteiger partial charge in [-0.25, -0.2) is 9.97 Å². The van der Waals surface area contributed by atoms with Crippen molar-refractivity contribution in [2.24, 2.45) is 0 Å². The van der Waals surface area contributed by atoms with Crippen LogP contribution in [0.3, 0.4) is 0 Å². The second kappa shape index (κ2) is 3.91. The van der Waals surface area contributed by atoms with Crippen LogP contribution < -0.4 is 17.0 Å². The van der Waals surface area contributed by atoms with E-state index < -0.39 is 0 Å². The topological polar surface area (TPSA) is 111 Å². The second-order valence-corrected chi connectivity index (χ2v) is 4.90. The minimum Gasteiger partial charge on any atom is -0.389 e. The molecule has 0 amide bonds. The third kappa shape index (κ3) is 2.48. The molecule has 0 atom stereocenters. The molecule has 6 nitrogen and oxygen atoms in total. The van der Waals surface area contributed by atoms with Crippen LogP contribution in [0.25, 0.3) is 0 Å². The Morgan fingerprint density at radius 2 is 2.27 bits per heavy atom. The number of nitrogens with two attached hydrogens (primary N) is 2. The number of thiazole rings is 1. The molecule has 5 N–H and O–H groups in total. The lowest BCUT2D eigenvalue weighted by molar-refractivity contribution is 0.944. The Hall–Kier alpha value is -1.54. The lowest BCUT2D eigenvalue weighted by Crippen LogP contribution is -2.09. The Morgan fingerprint density at radius 1 is 1.47 bits per heavy atom. The van der Waals surface area contributed by atoms with Crippen molar-refractivity contribution in [2.45, 2.75) is 9.50 Å². The van der Waals surface area contributed by atoms with Gasteiger partial charge in [0, 0.05) is 6.07 Å². The maximum absolute atomic E-state index is 11.1. The van der Waals surface area contributed by atoms with E-state index in [1.54, 1.807) is 6.20 Å². The molecule has 8 heteroatoms. The van der Waals surface area contributed by atoms with Crippen LogP contribution in [0.15, 0.2) is 26.6 Å². The molecular formula is C7H7N5OS2. The van der Waals surface area contributed by atoms with Gasteiger partial charge in [0.2, 0.25) is 0 Å². The minimum atomic E-state index is -0.283. The molecule has 0 saturated heterocycles. The van der Waals surface area contributed by atoms with E-state index in [1.807, 2.05) is 0 Å². The first-order chi connectivity index (χ1) is 7.13. The number of aromatic amines is 1. The number of H-pyrrole nitrogens is 1. The zero-order chi connectivity index (χ0) is 10.8. The van der Waals surface area contributed by atoms with Crippen molar-refractivity contribution in [3.05, 3.63) is 22.6 Å². The summed E-state index contributed by atoms with van der Waals surface area (Å²) >= 11 is 2.54. The SMILES string of the molecule is Nc1cc(=O)[nH]c(Sc2ncc(N)s2)n1. The third-order valence-electron chi connectivity index (χ3n) is 1.43. The van der Waals surface area contributed by atoms with E-state index in [9.17, 15) is 4.79 Å². The number of rotatable bonds is 2. The molecule has 0 aromatic carbocycles. The van der Waals surface area contributed by atoms with Crippen molar-refractivity contribution >= 4 is 33.9 Å². The van der Waals surface area contributed by atoms with Gasteiger partial charge in [-0.05, 0) is 11.8 Å². The van der Waals surface area contributed by atoms with Crippen LogP contribution in [0, 0.1) is 0 Å². The highest BCUT2D eigenvalue weighted by Crippen LogP contribution is 2.29. The fourth-order valence-corrected chi connectivity index (χ4v) is 2.58. The zero-order valence-electron chi connectivity index (χ0n) is 7.43. The maximum Gasteiger partial charge on any atom is 0.253 e. The Morgan fingerprint density at radius 3 is 2.87 bits per heavy atom. The van der Waals surface area contributed by atoms with Crippen LogP contribution in [0.2, 0.25) is 0 Å². The molecule has 2 aromatic heterocycles. The van der Waals surface area contributed by atoms with E-state index in [4.69, 9.17) is 11.5 Å². The van der Waals surface area contributed by atoms with Crippen LogP contribution >= 0.6 is 23.1 Å². The highest BCUT2D eigenvalue weighted by Gasteiger charge is 2.05. The van der Waals surface area contributed by atoms with Gasteiger partial charge in [-0.2, -0.15) is 0 Å². The van der Waals surface area contributed by atoms with Crippen molar-refractivity contribution in [1.82, 2.24) is 15.0 Å². The summed E-state index contributed by atoms with van der Waals surface area (Å²) < 4.78 is 0.709. The second-order valence-electron chi connectivity index (χ2n) is 2.61. The molecule has 0 aliphatic carbocycles. The van der Waals surface area contributed by atoms with E-state index in [2.05, 4.69) is 15.0 Å². The Balaban J connectivity index is 2.28. The van der Waals surface area contributed by atoms with Crippen molar-refractivity contribution < 1.29 is 0 Å². The van der Waals surface area contributed by atoms with Gasteiger partial charge in [0.05, 0.1) is 6.20 Å².